The predicted molar refractivity (Wildman–Crippen MR) is 73.9 cm³/mol. The first-order valence-electron chi connectivity index (χ1n) is 7.27. The third kappa shape index (κ3) is 2.39. The van der Waals surface area contributed by atoms with E-state index in [9.17, 15) is 4.79 Å². The second kappa shape index (κ2) is 5.33. The molecule has 3 rings (SSSR count). The number of piperidine rings is 1. The lowest BCUT2D eigenvalue weighted by Crippen LogP contribution is -2.51. The van der Waals surface area contributed by atoms with Crippen molar-refractivity contribution >= 4 is 5.91 Å². The van der Waals surface area contributed by atoms with E-state index in [1.807, 2.05) is 0 Å². The van der Waals surface area contributed by atoms with Crippen molar-refractivity contribution in [1.82, 2.24) is 5.32 Å². The third-order valence-electron chi connectivity index (χ3n) is 4.62. The third-order valence-corrected chi connectivity index (χ3v) is 4.62. The van der Waals surface area contributed by atoms with Crippen LogP contribution in [-0.2, 0) is 11.2 Å². The van der Waals surface area contributed by atoms with Gasteiger partial charge in [-0.05, 0) is 42.7 Å². The van der Waals surface area contributed by atoms with Gasteiger partial charge < -0.3 is 10.4 Å². The topological polar surface area (TPSA) is 49.3 Å². The van der Waals surface area contributed by atoms with E-state index in [0.29, 0.717) is 18.3 Å². The molecule has 1 aromatic carbocycles. The van der Waals surface area contributed by atoms with Crippen LogP contribution in [-0.4, -0.2) is 23.7 Å². The van der Waals surface area contributed by atoms with Crippen molar-refractivity contribution in [2.24, 2.45) is 5.92 Å². The number of nitrogens with one attached hydrogen (secondary N) is 1. The van der Waals surface area contributed by atoms with Crippen LogP contribution < -0.4 is 5.32 Å². The molecule has 3 atom stereocenters. The quantitative estimate of drug-likeness (QED) is 0.872. The number of fused-ring (bicyclic) bond motifs is 3. The van der Waals surface area contributed by atoms with E-state index in [-0.39, 0.29) is 18.6 Å². The highest BCUT2D eigenvalue weighted by molar-refractivity contribution is 5.77. The maximum Gasteiger partial charge on any atom is 0.220 e. The number of benzene rings is 1. The summed E-state index contributed by atoms with van der Waals surface area (Å²) in [6.07, 6.45) is 4.45. The Morgan fingerprint density at radius 1 is 1.32 bits per heavy atom. The number of aliphatic hydroxyl groups excluding tert-OH is 1. The first-order chi connectivity index (χ1) is 9.29. The lowest BCUT2D eigenvalue weighted by atomic mass is 9.68. The zero-order chi connectivity index (χ0) is 13.2. The van der Waals surface area contributed by atoms with Crippen molar-refractivity contribution in [1.29, 1.82) is 0 Å². The van der Waals surface area contributed by atoms with E-state index >= 15 is 0 Å². The molecule has 0 saturated carbocycles. The number of hydrogen-bond donors (Lipinski definition) is 2. The molecule has 1 aliphatic carbocycles. The number of amides is 1. The van der Waals surface area contributed by atoms with E-state index in [0.717, 1.165) is 25.7 Å². The van der Waals surface area contributed by atoms with E-state index in [2.05, 4.69) is 29.6 Å². The van der Waals surface area contributed by atoms with Gasteiger partial charge in [-0.25, -0.2) is 0 Å². The van der Waals surface area contributed by atoms with Crippen LogP contribution in [0.2, 0.25) is 0 Å². The molecule has 0 radical (unpaired) electrons. The van der Waals surface area contributed by atoms with E-state index in [4.69, 9.17) is 5.11 Å². The number of carbonyl (C=O) groups is 1. The number of hydrogen-bond acceptors (Lipinski definition) is 2. The van der Waals surface area contributed by atoms with Gasteiger partial charge in [0.1, 0.15) is 0 Å². The maximum absolute atomic E-state index is 11.7. The van der Waals surface area contributed by atoms with Crippen LogP contribution >= 0.6 is 0 Å². The maximum atomic E-state index is 11.7. The van der Waals surface area contributed by atoms with Gasteiger partial charge in [-0.15, -0.1) is 0 Å². The van der Waals surface area contributed by atoms with Crippen molar-refractivity contribution in [2.45, 2.75) is 44.1 Å². The monoisotopic (exact) mass is 259 g/mol. The highest BCUT2D eigenvalue weighted by atomic mass is 16.2. The molecular weight excluding hydrogens is 238 g/mol. The predicted octanol–water partition coefficient (Wildman–Crippen LogP) is 1.99. The van der Waals surface area contributed by atoms with Crippen LogP contribution in [0.3, 0.4) is 0 Å². The van der Waals surface area contributed by atoms with Crippen molar-refractivity contribution in [3.05, 3.63) is 35.4 Å². The fourth-order valence-corrected chi connectivity index (χ4v) is 3.75. The van der Waals surface area contributed by atoms with Gasteiger partial charge >= 0.3 is 0 Å². The van der Waals surface area contributed by atoms with Gasteiger partial charge in [0.15, 0.2) is 0 Å². The zero-order valence-electron chi connectivity index (χ0n) is 11.1. The SMILES string of the molecule is O=C1CC[C@H]2c3ccccc3CC(CCCO)[C@@H]2N1. The Morgan fingerprint density at radius 3 is 3.00 bits per heavy atom. The molecule has 102 valence electrons. The van der Waals surface area contributed by atoms with Crippen molar-refractivity contribution in [3.8, 4) is 0 Å². The minimum absolute atomic E-state index is 0.189. The fraction of sp³-hybridized carbons (Fsp3) is 0.562. The van der Waals surface area contributed by atoms with Crippen LogP contribution in [0, 0.1) is 5.92 Å². The van der Waals surface area contributed by atoms with E-state index in [1.54, 1.807) is 0 Å². The summed E-state index contributed by atoms with van der Waals surface area (Å²) in [5.41, 5.74) is 2.86. The summed E-state index contributed by atoms with van der Waals surface area (Å²) in [6.45, 7) is 0.240. The summed E-state index contributed by atoms with van der Waals surface area (Å²) in [5.74, 6) is 1.12. The number of aliphatic hydroxyl groups is 1. The first-order valence-corrected chi connectivity index (χ1v) is 7.27. The fourth-order valence-electron chi connectivity index (χ4n) is 3.75. The van der Waals surface area contributed by atoms with E-state index in [1.165, 1.54) is 11.1 Å². The van der Waals surface area contributed by atoms with Gasteiger partial charge in [0.25, 0.3) is 0 Å². The van der Waals surface area contributed by atoms with Gasteiger partial charge in [-0.2, -0.15) is 0 Å². The molecule has 1 aromatic rings. The van der Waals surface area contributed by atoms with Gasteiger partial charge in [0.2, 0.25) is 5.91 Å². The largest absolute Gasteiger partial charge is 0.396 e. The average Bonchev–Trinajstić information content (AvgIpc) is 2.44. The number of rotatable bonds is 3. The summed E-state index contributed by atoms with van der Waals surface area (Å²) in [6, 6.07) is 8.90. The van der Waals surface area contributed by atoms with Crippen LogP contribution in [0.1, 0.15) is 42.7 Å². The van der Waals surface area contributed by atoms with Gasteiger partial charge in [0.05, 0.1) is 0 Å². The van der Waals surface area contributed by atoms with Crippen LogP contribution in [0.25, 0.3) is 0 Å². The molecule has 2 N–H and O–H groups in total. The zero-order valence-corrected chi connectivity index (χ0v) is 11.1. The Balaban J connectivity index is 1.90. The molecule has 1 heterocycles. The number of carbonyl (C=O) groups excluding carboxylic acids is 1. The summed E-state index contributed by atoms with van der Waals surface area (Å²) < 4.78 is 0. The van der Waals surface area contributed by atoms with Crippen molar-refractivity contribution < 1.29 is 9.90 Å². The Bertz CT molecular complexity index is 472. The van der Waals surface area contributed by atoms with Crippen molar-refractivity contribution in [3.63, 3.8) is 0 Å². The molecule has 0 spiro atoms. The lowest BCUT2D eigenvalue weighted by molar-refractivity contribution is -0.124. The van der Waals surface area contributed by atoms with Crippen molar-refractivity contribution in [2.75, 3.05) is 6.61 Å². The second-order valence-electron chi connectivity index (χ2n) is 5.77. The molecule has 1 fully saturated rings. The van der Waals surface area contributed by atoms with Gasteiger partial charge in [-0.1, -0.05) is 24.3 Å². The molecule has 3 heteroatoms. The van der Waals surface area contributed by atoms with Gasteiger partial charge in [-0.3, -0.25) is 4.79 Å². The summed E-state index contributed by atoms with van der Waals surface area (Å²) >= 11 is 0. The molecular formula is C16H21NO2. The Kier molecular flexibility index (Phi) is 3.56. The molecule has 3 nitrogen and oxygen atoms in total. The minimum Gasteiger partial charge on any atom is -0.396 e. The van der Waals surface area contributed by atoms with Crippen LogP contribution in [0.4, 0.5) is 0 Å². The second-order valence-corrected chi connectivity index (χ2v) is 5.77. The van der Waals surface area contributed by atoms with Crippen LogP contribution in [0.15, 0.2) is 24.3 Å². The molecule has 1 amide bonds. The normalized spacial score (nSPS) is 29.3. The molecule has 1 unspecified atom stereocenters. The molecule has 19 heavy (non-hydrogen) atoms. The minimum atomic E-state index is 0.189. The Labute approximate surface area is 114 Å². The van der Waals surface area contributed by atoms with E-state index < -0.39 is 0 Å². The summed E-state index contributed by atoms with van der Waals surface area (Å²) in [5, 5.41) is 12.3. The summed E-state index contributed by atoms with van der Waals surface area (Å²) in [7, 11) is 0. The summed E-state index contributed by atoms with van der Waals surface area (Å²) in [4.78, 5) is 11.7. The van der Waals surface area contributed by atoms with Gasteiger partial charge in [0, 0.05) is 25.0 Å². The molecule has 0 bridgehead atoms. The Hall–Kier alpha value is -1.35. The molecule has 0 aromatic heterocycles. The smallest absolute Gasteiger partial charge is 0.220 e. The molecule has 2 aliphatic rings. The highest BCUT2D eigenvalue weighted by Gasteiger charge is 2.39. The molecule has 1 saturated heterocycles. The Morgan fingerprint density at radius 2 is 2.16 bits per heavy atom. The first kappa shape index (κ1) is 12.7. The molecule has 1 aliphatic heterocycles. The lowest BCUT2D eigenvalue weighted by Gasteiger charge is -2.43. The van der Waals surface area contributed by atoms with Crippen LogP contribution in [0.5, 0.6) is 0 Å². The average molecular weight is 259 g/mol. The standard InChI is InChI=1S/C16H21NO2/c18-9-3-5-12-10-11-4-1-2-6-13(11)14-7-8-15(19)17-16(12)14/h1-2,4,6,12,14,16,18H,3,5,7-10H2,(H,17,19)/t12?,14-,16-/m0/s1. The highest BCUT2D eigenvalue weighted by Crippen LogP contribution is 2.41.